The van der Waals surface area contributed by atoms with E-state index in [2.05, 4.69) is 45.5 Å². The van der Waals surface area contributed by atoms with Gasteiger partial charge < -0.3 is 10.1 Å². The summed E-state index contributed by atoms with van der Waals surface area (Å²) < 4.78 is 6.55. The minimum Gasteiger partial charge on any atom is -0.495 e. The minimum absolute atomic E-state index is 0.374. The lowest BCUT2D eigenvalue weighted by Crippen LogP contribution is -2.08. The Kier molecular flexibility index (Phi) is 3.47. The minimum atomic E-state index is 0.374. The van der Waals surface area contributed by atoms with Crippen molar-refractivity contribution < 1.29 is 4.74 Å². The van der Waals surface area contributed by atoms with Gasteiger partial charge in [-0.25, -0.2) is 0 Å². The molecule has 0 spiro atoms. The first-order chi connectivity index (χ1) is 9.28. The fraction of sp³-hybridized carbons (Fsp3) is 0.250. The maximum Gasteiger partial charge on any atom is 0.141 e. The van der Waals surface area contributed by atoms with Gasteiger partial charge in [0.1, 0.15) is 5.75 Å². The molecular weight excluding hydrogens is 302 g/mol. The van der Waals surface area contributed by atoms with Gasteiger partial charge in [-0.3, -0.25) is 0 Å². The quantitative estimate of drug-likeness (QED) is 0.896. The van der Waals surface area contributed by atoms with Gasteiger partial charge in [0.25, 0.3) is 0 Å². The Morgan fingerprint density at radius 1 is 1.21 bits per heavy atom. The average molecular weight is 318 g/mol. The van der Waals surface area contributed by atoms with Crippen LogP contribution in [0.4, 0.5) is 5.69 Å². The predicted octanol–water partition coefficient (Wildman–Crippen LogP) is 4.56. The first kappa shape index (κ1) is 12.5. The molecule has 1 atom stereocenters. The van der Waals surface area contributed by atoms with Crippen LogP contribution in [0.25, 0.3) is 0 Å². The van der Waals surface area contributed by atoms with Gasteiger partial charge in [-0.1, -0.05) is 34.1 Å². The fourth-order valence-corrected chi connectivity index (χ4v) is 3.10. The molecule has 2 nitrogen and oxygen atoms in total. The van der Waals surface area contributed by atoms with Crippen LogP contribution in [0.2, 0.25) is 0 Å². The third kappa shape index (κ3) is 2.47. The number of nitrogens with one attached hydrogen (secondary N) is 1. The Morgan fingerprint density at radius 2 is 2.05 bits per heavy atom. The molecule has 3 heteroatoms. The molecule has 0 saturated heterocycles. The molecule has 1 aliphatic carbocycles. The second-order valence-corrected chi connectivity index (χ2v) is 5.69. The number of anilines is 1. The molecule has 0 amide bonds. The highest BCUT2D eigenvalue weighted by molar-refractivity contribution is 9.10. The Bertz CT molecular complexity index is 597. The molecule has 1 aliphatic rings. The summed E-state index contributed by atoms with van der Waals surface area (Å²) in [6.45, 7) is 0. The van der Waals surface area contributed by atoms with Gasteiger partial charge in [-0.05, 0) is 48.2 Å². The smallest absolute Gasteiger partial charge is 0.141 e. The second kappa shape index (κ2) is 5.25. The standard InChI is InChI=1S/C16H16BrNO/c1-19-16-5-3-2-4-15(16)18-14-9-6-11-10-12(17)7-8-13(11)14/h2-5,7-8,10,14,18H,6,9H2,1H3. The summed E-state index contributed by atoms with van der Waals surface area (Å²) in [4.78, 5) is 0. The summed E-state index contributed by atoms with van der Waals surface area (Å²) in [6.07, 6.45) is 2.26. The summed E-state index contributed by atoms with van der Waals surface area (Å²) in [5.74, 6) is 0.896. The molecule has 0 radical (unpaired) electrons. The molecule has 19 heavy (non-hydrogen) atoms. The predicted molar refractivity (Wildman–Crippen MR) is 81.8 cm³/mol. The molecule has 1 unspecified atom stereocenters. The van der Waals surface area contributed by atoms with Crippen molar-refractivity contribution in [2.45, 2.75) is 18.9 Å². The number of methoxy groups -OCH3 is 1. The number of ether oxygens (including phenoxy) is 1. The molecule has 3 rings (SSSR count). The highest BCUT2D eigenvalue weighted by atomic mass is 79.9. The van der Waals surface area contributed by atoms with Crippen LogP contribution in [-0.4, -0.2) is 7.11 Å². The van der Waals surface area contributed by atoms with Crippen LogP contribution in [0.1, 0.15) is 23.6 Å². The topological polar surface area (TPSA) is 21.3 Å². The normalized spacial score (nSPS) is 17.1. The largest absolute Gasteiger partial charge is 0.495 e. The van der Waals surface area contributed by atoms with Crippen molar-refractivity contribution in [1.29, 1.82) is 0 Å². The molecule has 2 aromatic rings. The number of benzene rings is 2. The lowest BCUT2D eigenvalue weighted by Gasteiger charge is -2.17. The number of halogens is 1. The van der Waals surface area contributed by atoms with Gasteiger partial charge in [0, 0.05) is 4.47 Å². The summed E-state index contributed by atoms with van der Waals surface area (Å²) in [5.41, 5.74) is 3.89. The summed E-state index contributed by atoms with van der Waals surface area (Å²) in [7, 11) is 1.71. The first-order valence-corrected chi connectivity index (χ1v) is 7.25. The highest BCUT2D eigenvalue weighted by Gasteiger charge is 2.22. The Balaban J connectivity index is 1.87. The van der Waals surface area contributed by atoms with E-state index < -0.39 is 0 Å². The van der Waals surface area contributed by atoms with Crippen LogP contribution in [0, 0.1) is 0 Å². The van der Waals surface area contributed by atoms with Crippen molar-refractivity contribution in [2.24, 2.45) is 0 Å². The van der Waals surface area contributed by atoms with Crippen molar-refractivity contribution in [3.8, 4) is 5.75 Å². The molecular formula is C16H16BrNO. The zero-order chi connectivity index (χ0) is 13.2. The number of aryl methyl sites for hydroxylation is 1. The second-order valence-electron chi connectivity index (χ2n) is 4.78. The van der Waals surface area contributed by atoms with E-state index in [1.165, 1.54) is 11.1 Å². The summed E-state index contributed by atoms with van der Waals surface area (Å²) in [6, 6.07) is 15.0. The lowest BCUT2D eigenvalue weighted by atomic mass is 10.1. The third-order valence-electron chi connectivity index (χ3n) is 3.62. The van der Waals surface area contributed by atoms with Crippen LogP contribution in [0.15, 0.2) is 46.9 Å². The van der Waals surface area contributed by atoms with Gasteiger partial charge >= 0.3 is 0 Å². The van der Waals surface area contributed by atoms with Crippen molar-refractivity contribution in [1.82, 2.24) is 0 Å². The zero-order valence-electron chi connectivity index (χ0n) is 10.8. The van der Waals surface area contributed by atoms with E-state index in [-0.39, 0.29) is 0 Å². The van der Waals surface area contributed by atoms with Crippen LogP contribution in [-0.2, 0) is 6.42 Å². The molecule has 0 bridgehead atoms. The highest BCUT2D eigenvalue weighted by Crippen LogP contribution is 2.37. The summed E-state index contributed by atoms with van der Waals surface area (Å²) >= 11 is 3.53. The van der Waals surface area contributed by atoms with Crippen molar-refractivity contribution >= 4 is 21.6 Å². The summed E-state index contributed by atoms with van der Waals surface area (Å²) in [5, 5.41) is 3.60. The van der Waals surface area contributed by atoms with Gasteiger partial charge in [-0.2, -0.15) is 0 Å². The zero-order valence-corrected chi connectivity index (χ0v) is 12.4. The van der Waals surface area contributed by atoms with E-state index in [1.807, 2.05) is 18.2 Å². The Labute approximate surface area is 121 Å². The molecule has 1 N–H and O–H groups in total. The molecule has 98 valence electrons. The number of para-hydroxylation sites is 2. The monoisotopic (exact) mass is 317 g/mol. The molecule has 0 saturated carbocycles. The van der Waals surface area contributed by atoms with E-state index >= 15 is 0 Å². The Hall–Kier alpha value is -1.48. The number of fused-ring (bicyclic) bond motifs is 1. The van der Waals surface area contributed by atoms with Crippen LogP contribution >= 0.6 is 15.9 Å². The van der Waals surface area contributed by atoms with Crippen LogP contribution in [0.5, 0.6) is 5.75 Å². The molecule has 0 aromatic heterocycles. The number of hydrogen-bond donors (Lipinski definition) is 1. The third-order valence-corrected chi connectivity index (χ3v) is 4.11. The molecule has 0 heterocycles. The van der Waals surface area contributed by atoms with Crippen LogP contribution in [0.3, 0.4) is 0 Å². The van der Waals surface area contributed by atoms with E-state index in [9.17, 15) is 0 Å². The van der Waals surface area contributed by atoms with Crippen molar-refractivity contribution in [3.63, 3.8) is 0 Å². The fourth-order valence-electron chi connectivity index (χ4n) is 2.69. The van der Waals surface area contributed by atoms with Gasteiger partial charge in [-0.15, -0.1) is 0 Å². The Morgan fingerprint density at radius 3 is 2.89 bits per heavy atom. The maximum atomic E-state index is 5.39. The maximum absolute atomic E-state index is 5.39. The van der Waals surface area contributed by atoms with Crippen molar-refractivity contribution in [2.75, 3.05) is 12.4 Å². The number of rotatable bonds is 3. The van der Waals surface area contributed by atoms with E-state index in [1.54, 1.807) is 7.11 Å². The molecule has 0 aliphatic heterocycles. The number of hydrogen-bond acceptors (Lipinski definition) is 2. The van der Waals surface area contributed by atoms with E-state index in [0.717, 1.165) is 28.8 Å². The van der Waals surface area contributed by atoms with E-state index in [4.69, 9.17) is 4.74 Å². The average Bonchev–Trinajstić information content (AvgIpc) is 2.82. The van der Waals surface area contributed by atoms with Crippen LogP contribution < -0.4 is 10.1 Å². The van der Waals surface area contributed by atoms with Gasteiger partial charge in [0.15, 0.2) is 0 Å². The molecule has 2 aromatic carbocycles. The lowest BCUT2D eigenvalue weighted by molar-refractivity contribution is 0.416. The van der Waals surface area contributed by atoms with Crippen molar-refractivity contribution in [3.05, 3.63) is 58.1 Å². The van der Waals surface area contributed by atoms with Gasteiger partial charge in [0.05, 0.1) is 18.8 Å². The SMILES string of the molecule is COc1ccccc1NC1CCc2cc(Br)ccc21. The first-order valence-electron chi connectivity index (χ1n) is 6.46. The molecule has 0 fully saturated rings. The van der Waals surface area contributed by atoms with Gasteiger partial charge in [0.2, 0.25) is 0 Å². The van der Waals surface area contributed by atoms with E-state index in [0.29, 0.717) is 6.04 Å².